The molecule has 0 aromatic rings. The average Bonchev–Trinajstić information content (AvgIpc) is 2.66. The van der Waals surface area contributed by atoms with Gasteiger partial charge >= 0.3 is 28.8 Å². The summed E-state index contributed by atoms with van der Waals surface area (Å²) in [6.07, 6.45) is -10.1. The topological polar surface area (TPSA) is 0 Å². The first-order chi connectivity index (χ1) is 11.5. The molecule has 0 unspecified atom stereocenters. The van der Waals surface area contributed by atoms with Crippen LogP contribution in [0.3, 0.4) is 0 Å². The summed E-state index contributed by atoms with van der Waals surface area (Å²) in [6.45, 7) is 17.7. The first-order valence-corrected chi connectivity index (χ1v) is 10.6. The van der Waals surface area contributed by atoms with Gasteiger partial charge in [-0.05, 0) is 49.6 Å². The molecule has 0 bridgehead atoms. The Morgan fingerprint density at radius 2 is 0.808 bits per heavy atom. The molecule has 0 atom stereocenters. The Morgan fingerprint density at radius 3 is 0.846 bits per heavy atom. The Balaban J connectivity index is -0.000000314. The number of hydrogen-bond acceptors (Lipinski definition) is 0. The molecular formula is C16H24F8IrP+. The molecule has 1 fully saturated rings. The van der Waals surface area contributed by atoms with Crippen molar-refractivity contribution < 1.29 is 53.4 Å². The zero-order valence-corrected chi connectivity index (χ0v) is 19.1. The van der Waals surface area contributed by atoms with Gasteiger partial charge in [0.15, 0.2) is 0 Å². The first-order valence-electron chi connectivity index (χ1n) is 7.04. The fraction of sp³-hybridized carbons (Fsp3) is 0.625. The zero-order chi connectivity index (χ0) is 22.0. The van der Waals surface area contributed by atoms with Crippen LogP contribution in [-0.4, -0.2) is 32.1 Å². The van der Waals surface area contributed by atoms with E-state index in [4.69, 9.17) is 0 Å². The van der Waals surface area contributed by atoms with Crippen LogP contribution in [0.15, 0.2) is 0 Å². The molecule has 0 amide bonds. The van der Waals surface area contributed by atoms with Crippen LogP contribution in [-0.2, 0) is 19.4 Å². The van der Waals surface area contributed by atoms with Crippen LogP contribution < -0.4 is 0 Å². The summed E-state index contributed by atoms with van der Waals surface area (Å²) in [5, 5.41) is 0. The van der Waals surface area contributed by atoms with Gasteiger partial charge in [0.05, 0.1) is 6.43 Å². The van der Waals surface area contributed by atoms with E-state index in [0.29, 0.717) is 27.3 Å². The van der Waals surface area contributed by atoms with Gasteiger partial charge in [-0.1, -0.05) is 34.6 Å². The van der Waals surface area contributed by atoms with Crippen molar-refractivity contribution in [2.75, 3.05) is 20.0 Å². The Hall–Kier alpha value is 0.519. The molecule has 1 rings (SSSR count). The van der Waals surface area contributed by atoms with Crippen LogP contribution >= 0.6 is 7.92 Å². The molecule has 0 heterocycles. The molecule has 0 nitrogen and oxygen atoms in total. The Morgan fingerprint density at radius 1 is 0.654 bits per heavy atom. The molecule has 0 aromatic carbocycles. The van der Waals surface area contributed by atoms with Gasteiger partial charge in [-0.25, -0.2) is 8.78 Å². The van der Waals surface area contributed by atoms with Crippen LogP contribution in [0.4, 0.5) is 34.0 Å². The molecule has 0 saturated heterocycles. The van der Waals surface area contributed by atoms with Crippen LogP contribution in [0, 0.1) is 36.0 Å². The minimum atomic E-state index is -6.20. The second-order valence-corrected chi connectivity index (χ2v) is 8.48. The summed E-state index contributed by atoms with van der Waals surface area (Å²) in [4.78, 5) is 0. The van der Waals surface area contributed by atoms with Gasteiger partial charge in [-0.3, -0.25) is 0 Å². The molecule has 1 aliphatic rings. The summed E-state index contributed by atoms with van der Waals surface area (Å²) < 4.78 is 85.8. The van der Waals surface area contributed by atoms with Crippen molar-refractivity contribution in [3.05, 3.63) is 36.0 Å². The van der Waals surface area contributed by atoms with Crippen molar-refractivity contribution in [2.24, 2.45) is 0 Å². The summed E-state index contributed by atoms with van der Waals surface area (Å²) in [7, 11) is 0.380. The average molecular weight is 592 g/mol. The maximum atomic E-state index is 11.1. The van der Waals surface area contributed by atoms with E-state index in [1.54, 1.807) is 0 Å². The Bertz CT molecular complexity index is 302. The van der Waals surface area contributed by atoms with E-state index in [-0.39, 0.29) is 0 Å². The first kappa shape index (κ1) is 31.2. The number of alkyl halides is 5. The molecule has 1 aliphatic carbocycles. The van der Waals surface area contributed by atoms with Crippen molar-refractivity contribution in [3.63, 3.8) is 0 Å². The van der Waals surface area contributed by atoms with Crippen molar-refractivity contribution in [1.29, 1.82) is 0 Å². The van der Waals surface area contributed by atoms with Crippen molar-refractivity contribution in [1.82, 2.24) is 0 Å². The van der Waals surface area contributed by atoms with E-state index in [1.807, 2.05) is 0 Å². The fourth-order valence-electron chi connectivity index (χ4n) is 1.51. The van der Waals surface area contributed by atoms with E-state index in [2.05, 4.69) is 54.6 Å². The molecule has 0 aliphatic heterocycles. The third kappa shape index (κ3) is 10.8. The molecule has 0 aromatic heterocycles. The second kappa shape index (κ2) is 13.7. The normalized spacial score (nSPS) is 18.1. The SMILES string of the molecule is CP(C)C.C[C]1[C](C)[C](C)[C](C)[C]1C.F[C-](F)C(F)(F)C(F)(F)F.[F][Ir+2]. The van der Waals surface area contributed by atoms with Gasteiger partial charge in [0.25, 0.3) is 5.92 Å². The van der Waals surface area contributed by atoms with Crippen LogP contribution in [0.5, 0.6) is 0 Å². The molecule has 26 heavy (non-hydrogen) atoms. The van der Waals surface area contributed by atoms with Crippen molar-refractivity contribution >= 4 is 7.92 Å². The van der Waals surface area contributed by atoms with E-state index in [0.717, 1.165) is 0 Å². The monoisotopic (exact) mass is 592 g/mol. The van der Waals surface area contributed by atoms with E-state index in [9.17, 15) is 34.0 Å². The summed E-state index contributed by atoms with van der Waals surface area (Å²) in [5.41, 5.74) is 0. The van der Waals surface area contributed by atoms with Gasteiger partial charge in [-0.2, -0.15) is 13.2 Å². The predicted molar refractivity (Wildman–Crippen MR) is 86.8 cm³/mol. The number of rotatable bonds is 1. The fourth-order valence-corrected chi connectivity index (χ4v) is 1.51. The molecule has 0 N–H and O–H groups in total. The third-order valence-corrected chi connectivity index (χ3v) is 3.41. The van der Waals surface area contributed by atoms with Crippen LogP contribution in [0.1, 0.15) is 34.6 Å². The summed E-state index contributed by atoms with van der Waals surface area (Å²) in [5.74, 6) is 1.36. The second-order valence-electron chi connectivity index (χ2n) is 5.80. The third-order valence-electron chi connectivity index (χ3n) is 3.41. The molecule has 157 valence electrons. The van der Waals surface area contributed by atoms with Gasteiger partial charge < -0.3 is 8.78 Å². The quantitative estimate of drug-likeness (QED) is 0.170. The zero-order valence-electron chi connectivity index (χ0n) is 15.8. The predicted octanol–water partition coefficient (Wildman–Crippen LogP) is 7.36. The summed E-state index contributed by atoms with van der Waals surface area (Å²) in [6, 6.07) is 0. The summed E-state index contributed by atoms with van der Waals surface area (Å²) >= 11 is 0.500. The maximum absolute atomic E-state index is 11.1. The van der Waals surface area contributed by atoms with E-state index >= 15 is 0 Å². The van der Waals surface area contributed by atoms with Gasteiger partial charge in [-0.15, -0.1) is 7.92 Å². The molecule has 5 radical (unpaired) electrons. The Kier molecular flexibility index (Phi) is 16.4. The Labute approximate surface area is 164 Å². The number of hydrogen-bond donors (Lipinski definition) is 0. The molecular weight excluding hydrogens is 567 g/mol. The van der Waals surface area contributed by atoms with E-state index in [1.165, 1.54) is 29.6 Å². The van der Waals surface area contributed by atoms with Crippen LogP contribution in [0.25, 0.3) is 0 Å². The minimum absolute atomic E-state index is 0.380. The van der Waals surface area contributed by atoms with Crippen molar-refractivity contribution in [3.8, 4) is 0 Å². The number of halogens is 8. The van der Waals surface area contributed by atoms with Gasteiger partial charge in [0.2, 0.25) is 0 Å². The standard InChI is InChI=1S/C10H15.C3F7.C3H9P.FH.Ir/c1-6-7(2)9(4)10(5)8(6)3;4-1(5)2(6,7)3(8,9)10;1-4(2)3;;/h1-5H3;;1-3H3;1H;/q;-1;;;+3/p-1. The van der Waals surface area contributed by atoms with Gasteiger partial charge in [0.1, 0.15) is 0 Å². The van der Waals surface area contributed by atoms with Gasteiger partial charge in [0, 0.05) is 0 Å². The van der Waals surface area contributed by atoms with E-state index < -0.39 is 18.5 Å². The van der Waals surface area contributed by atoms with Crippen LogP contribution in [0.2, 0.25) is 0 Å². The van der Waals surface area contributed by atoms with Crippen molar-refractivity contribution in [2.45, 2.75) is 46.7 Å². The molecule has 10 heteroatoms. The molecule has 0 spiro atoms. The molecule has 1 saturated carbocycles.